The van der Waals surface area contributed by atoms with Gasteiger partial charge in [0.2, 0.25) is 0 Å². The molecule has 0 aromatic carbocycles. The first-order valence-corrected chi connectivity index (χ1v) is 19.4. The summed E-state index contributed by atoms with van der Waals surface area (Å²) in [5.41, 5.74) is 0. The quantitative estimate of drug-likeness (QED) is 0.0305. The highest BCUT2D eigenvalue weighted by Crippen LogP contribution is 2.15. The number of allylic oxidation sites excluding steroid dienone is 6. The lowest BCUT2D eigenvalue weighted by atomic mass is 10.0. The van der Waals surface area contributed by atoms with Gasteiger partial charge in [0.15, 0.2) is 6.10 Å². The van der Waals surface area contributed by atoms with Gasteiger partial charge in [-0.05, 0) is 31.6 Å². The summed E-state index contributed by atoms with van der Waals surface area (Å²) in [7, 11) is 0. The molecule has 8 heteroatoms. The molecule has 284 valence electrons. The predicted octanol–water partition coefficient (Wildman–Crippen LogP) is 8.61. The Morgan fingerprint density at radius 3 is 1.67 bits per heavy atom. The summed E-state index contributed by atoms with van der Waals surface area (Å²) in [5.74, 6) is -0.102. The first-order valence-electron chi connectivity index (χ1n) is 19.4. The lowest BCUT2D eigenvalue weighted by Gasteiger charge is -2.16. The zero-order valence-electron chi connectivity index (χ0n) is 31.2. The van der Waals surface area contributed by atoms with Gasteiger partial charge in [0, 0.05) is 12.8 Å². The van der Waals surface area contributed by atoms with Gasteiger partial charge in [-0.15, -0.1) is 0 Å². The van der Waals surface area contributed by atoms with Crippen molar-refractivity contribution in [1.29, 1.82) is 0 Å². The Balaban J connectivity index is 3.92. The molecule has 0 aromatic heterocycles. The molecule has 0 aliphatic carbocycles. The topological polar surface area (TPSA) is 134 Å². The molecular formula is C41H72O8. The fourth-order valence-corrected chi connectivity index (χ4v) is 5.30. The van der Waals surface area contributed by atoms with Crippen LogP contribution in [0.3, 0.4) is 0 Å². The van der Waals surface area contributed by atoms with E-state index in [0.717, 1.165) is 50.9 Å². The predicted molar refractivity (Wildman–Crippen MR) is 200 cm³/mol. The van der Waals surface area contributed by atoms with Gasteiger partial charge in [-0.1, -0.05) is 166 Å². The van der Waals surface area contributed by atoms with Crippen molar-refractivity contribution in [2.45, 2.75) is 180 Å². The molecule has 0 saturated carbocycles. The van der Waals surface area contributed by atoms with E-state index in [-0.39, 0.29) is 25.9 Å². The van der Waals surface area contributed by atoms with Crippen LogP contribution in [0.25, 0.3) is 0 Å². The Labute approximate surface area is 298 Å². The third-order valence-electron chi connectivity index (χ3n) is 8.42. The van der Waals surface area contributed by atoms with Crippen molar-refractivity contribution < 1.29 is 39.5 Å². The van der Waals surface area contributed by atoms with Crippen molar-refractivity contribution in [2.75, 3.05) is 13.2 Å². The van der Waals surface area contributed by atoms with Crippen LogP contribution in [0.1, 0.15) is 156 Å². The van der Waals surface area contributed by atoms with Crippen LogP contribution in [0.2, 0.25) is 0 Å². The summed E-state index contributed by atoms with van der Waals surface area (Å²) >= 11 is 0. The minimum atomic E-state index is -1.08. The standard InChI is InChI=1S/C41H72O8/c1-4-5-20-27-36(43)28-22-17-14-15-18-23-29-38(44)39(45)30-25-32-40(46)48-34-37(33-42)49-41(47)31-24-19-13-11-9-7-6-8-10-12-16-21-26-35(2)3/h14-15,17-18,22-23,28-29,35-39,42-45H,4-13,16,19-21,24-27,30-34H2,1-3H3/b17-14-,18-15+,28-22+,29-23+/t36-,37+,38-,39-/m1/s1. The van der Waals surface area contributed by atoms with E-state index in [1.54, 1.807) is 36.5 Å². The first kappa shape index (κ1) is 46.7. The average molecular weight is 693 g/mol. The maximum atomic E-state index is 12.2. The van der Waals surface area contributed by atoms with E-state index in [4.69, 9.17) is 9.47 Å². The molecule has 0 aliphatic heterocycles. The fourth-order valence-electron chi connectivity index (χ4n) is 5.30. The summed E-state index contributed by atoms with van der Waals surface area (Å²) in [6.07, 6.45) is 31.2. The van der Waals surface area contributed by atoms with E-state index < -0.39 is 43.0 Å². The SMILES string of the molecule is CCCCC[C@@H](O)/C=C/C=C\C=C\C=C\[C@@H](O)[C@H](O)CCCC(=O)OC[C@H](CO)OC(=O)CCCCCCCCCCCCCCC(C)C. The van der Waals surface area contributed by atoms with E-state index >= 15 is 0 Å². The molecule has 0 aromatic rings. The third kappa shape index (κ3) is 32.7. The van der Waals surface area contributed by atoms with Crippen LogP contribution >= 0.6 is 0 Å². The molecule has 0 amide bonds. The van der Waals surface area contributed by atoms with Gasteiger partial charge < -0.3 is 29.9 Å². The Bertz CT molecular complexity index is 894. The molecule has 0 aliphatic rings. The van der Waals surface area contributed by atoms with Gasteiger partial charge in [-0.25, -0.2) is 0 Å². The molecular weight excluding hydrogens is 620 g/mol. The van der Waals surface area contributed by atoms with Crippen molar-refractivity contribution in [3.63, 3.8) is 0 Å². The van der Waals surface area contributed by atoms with Crippen LogP contribution in [-0.2, 0) is 19.1 Å². The van der Waals surface area contributed by atoms with Gasteiger partial charge >= 0.3 is 11.9 Å². The molecule has 4 atom stereocenters. The number of hydrogen-bond acceptors (Lipinski definition) is 8. The molecule has 0 radical (unpaired) electrons. The number of carbonyl (C=O) groups excluding carboxylic acids is 2. The minimum absolute atomic E-state index is 0.0313. The number of aliphatic hydroxyl groups is 4. The summed E-state index contributed by atoms with van der Waals surface area (Å²) in [6, 6.07) is 0. The fraction of sp³-hybridized carbons (Fsp3) is 0.756. The summed E-state index contributed by atoms with van der Waals surface area (Å²) in [5, 5.41) is 39.7. The number of hydrogen-bond donors (Lipinski definition) is 4. The van der Waals surface area contributed by atoms with Gasteiger partial charge in [0.25, 0.3) is 0 Å². The molecule has 0 spiro atoms. The third-order valence-corrected chi connectivity index (χ3v) is 8.42. The highest BCUT2D eigenvalue weighted by Gasteiger charge is 2.17. The van der Waals surface area contributed by atoms with E-state index in [0.29, 0.717) is 6.42 Å². The van der Waals surface area contributed by atoms with E-state index in [9.17, 15) is 30.0 Å². The van der Waals surface area contributed by atoms with Crippen molar-refractivity contribution in [3.05, 3.63) is 48.6 Å². The first-order chi connectivity index (χ1) is 23.7. The number of carbonyl (C=O) groups is 2. The zero-order chi connectivity index (χ0) is 36.4. The highest BCUT2D eigenvalue weighted by molar-refractivity contribution is 5.70. The average Bonchev–Trinajstić information content (AvgIpc) is 3.07. The van der Waals surface area contributed by atoms with Crippen LogP contribution in [0.4, 0.5) is 0 Å². The van der Waals surface area contributed by atoms with Crippen LogP contribution < -0.4 is 0 Å². The van der Waals surface area contributed by atoms with Crippen LogP contribution in [0.5, 0.6) is 0 Å². The van der Waals surface area contributed by atoms with Gasteiger partial charge in [-0.3, -0.25) is 9.59 Å². The largest absolute Gasteiger partial charge is 0.462 e. The molecule has 0 heterocycles. The number of rotatable bonds is 33. The Hall–Kier alpha value is -2.26. The Morgan fingerprint density at radius 2 is 1.10 bits per heavy atom. The van der Waals surface area contributed by atoms with Crippen molar-refractivity contribution in [1.82, 2.24) is 0 Å². The molecule has 0 bridgehead atoms. The molecule has 0 saturated heterocycles. The molecule has 0 fully saturated rings. The van der Waals surface area contributed by atoms with Crippen LogP contribution in [-0.4, -0.2) is 70.0 Å². The van der Waals surface area contributed by atoms with Gasteiger partial charge in [0.1, 0.15) is 6.61 Å². The smallest absolute Gasteiger partial charge is 0.306 e. The molecule has 4 N–H and O–H groups in total. The molecule has 49 heavy (non-hydrogen) atoms. The summed E-state index contributed by atoms with van der Waals surface area (Å²) < 4.78 is 10.4. The number of unbranched alkanes of at least 4 members (excludes halogenated alkanes) is 13. The lowest BCUT2D eigenvalue weighted by molar-refractivity contribution is -0.161. The zero-order valence-corrected chi connectivity index (χ0v) is 31.2. The normalized spacial score (nSPS) is 14.8. The number of esters is 2. The molecule has 0 rings (SSSR count). The Kier molecular flexibility index (Phi) is 32.6. The van der Waals surface area contributed by atoms with E-state index in [1.165, 1.54) is 70.3 Å². The van der Waals surface area contributed by atoms with Crippen molar-refractivity contribution in [3.8, 4) is 0 Å². The minimum Gasteiger partial charge on any atom is -0.462 e. The van der Waals surface area contributed by atoms with Gasteiger partial charge in [-0.2, -0.15) is 0 Å². The second kappa shape index (κ2) is 34.2. The second-order valence-electron chi connectivity index (χ2n) is 13.7. The summed E-state index contributed by atoms with van der Waals surface area (Å²) in [6.45, 7) is 6.06. The highest BCUT2D eigenvalue weighted by atomic mass is 16.6. The van der Waals surface area contributed by atoms with Crippen LogP contribution in [0.15, 0.2) is 48.6 Å². The molecule has 0 unspecified atom stereocenters. The number of aliphatic hydroxyl groups excluding tert-OH is 4. The van der Waals surface area contributed by atoms with Gasteiger partial charge in [0.05, 0.1) is 24.9 Å². The van der Waals surface area contributed by atoms with Crippen molar-refractivity contribution in [2.24, 2.45) is 5.92 Å². The monoisotopic (exact) mass is 693 g/mol. The van der Waals surface area contributed by atoms with Crippen LogP contribution in [0, 0.1) is 5.92 Å². The van der Waals surface area contributed by atoms with E-state index in [1.807, 2.05) is 6.08 Å². The maximum absolute atomic E-state index is 12.2. The number of ether oxygens (including phenoxy) is 2. The molecule has 8 nitrogen and oxygen atoms in total. The summed E-state index contributed by atoms with van der Waals surface area (Å²) in [4.78, 5) is 24.3. The Morgan fingerprint density at radius 1 is 0.592 bits per heavy atom. The van der Waals surface area contributed by atoms with E-state index in [2.05, 4.69) is 20.8 Å². The maximum Gasteiger partial charge on any atom is 0.306 e. The second-order valence-corrected chi connectivity index (χ2v) is 13.7. The van der Waals surface area contributed by atoms with Crippen molar-refractivity contribution >= 4 is 11.9 Å². The lowest BCUT2D eigenvalue weighted by Crippen LogP contribution is -2.28.